The van der Waals surface area contributed by atoms with E-state index in [1.807, 2.05) is 46.8 Å². The van der Waals surface area contributed by atoms with E-state index in [2.05, 4.69) is 6.58 Å². The van der Waals surface area contributed by atoms with Crippen LogP contribution in [0.3, 0.4) is 0 Å². The average molecular weight is 293 g/mol. The van der Waals surface area contributed by atoms with E-state index >= 15 is 0 Å². The third kappa shape index (κ3) is 2.31. The third-order valence-corrected chi connectivity index (χ3v) is 6.11. The van der Waals surface area contributed by atoms with Crippen molar-refractivity contribution in [2.75, 3.05) is 0 Å². The maximum Gasteiger partial charge on any atom is 0.244 e. The molecule has 1 aromatic carbocycles. The highest BCUT2D eigenvalue weighted by Crippen LogP contribution is 2.42. The molecule has 20 heavy (non-hydrogen) atoms. The highest BCUT2D eigenvalue weighted by molar-refractivity contribution is 7.89. The van der Waals surface area contributed by atoms with Crippen molar-refractivity contribution in [2.45, 2.75) is 51.6 Å². The summed E-state index contributed by atoms with van der Waals surface area (Å²) in [5.74, 6) is 0.291. The highest BCUT2D eigenvalue weighted by atomic mass is 32.2. The molecule has 2 rings (SSSR count). The Kier molecular flexibility index (Phi) is 3.82. The zero-order valence-electron chi connectivity index (χ0n) is 12.8. The average Bonchev–Trinajstić information content (AvgIpc) is 3.01. The van der Waals surface area contributed by atoms with E-state index in [9.17, 15) is 8.42 Å². The molecular weight excluding hydrogens is 270 g/mol. The van der Waals surface area contributed by atoms with Crippen molar-refractivity contribution in [3.8, 4) is 0 Å². The third-order valence-electron chi connectivity index (χ3n) is 3.91. The minimum absolute atomic E-state index is 0.0394. The first kappa shape index (κ1) is 15.3. The molecule has 1 aliphatic heterocycles. The standard InChI is InChI=1S/C16H23NO2S/c1-7-14-15(10(2)3)17(14)20(18,19)16-12(5)8-11(4)9-13(16)6/h7-10,14-15H,1H2,2-6H3/t14?,15-,17?/m0/s1. The van der Waals surface area contributed by atoms with Gasteiger partial charge in [-0.05, 0) is 37.8 Å². The number of sulfonamides is 1. The molecule has 0 saturated carbocycles. The zero-order valence-corrected chi connectivity index (χ0v) is 13.7. The van der Waals surface area contributed by atoms with Crippen LogP contribution < -0.4 is 0 Å². The van der Waals surface area contributed by atoms with E-state index in [0.717, 1.165) is 16.7 Å². The van der Waals surface area contributed by atoms with Crippen LogP contribution in [0.15, 0.2) is 29.7 Å². The first-order chi connectivity index (χ1) is 9.21. The summed E-state index contributed by atoms with van der Waals surface area (Å²) >= 11 is 0. The molecule has 1 fully saturated rings. The van der Waals surface area contributed by atoms with Crippen molar-refractivity contribution in [2.24, 2.45) is 5.92 Å². The topological polar surface area (TPSA) is 37.1 Å². The number of nitrogens with zero attached hydrogens (tertiary/aromatic N) is 1. The van der Waals surface area contributed by atoms with Gasteiger partial charge in [0.25, 0.3) is 0 Å². The fourth-order valence-corrected chi connectivity index (χ4v) is 5.49. The van der Waals surface area contributed by atoms with Crippen LogP contribution in [0.5, 0.6) is 0 Å². The Morgan fingerprint density at radius 3 is 2.05 bits per heavy atom. The van der Waals surface area contributed by atoms with Gasteiger partial charge in [-0.1, -0.05) is 37.6 Å². The quantitative estimate of drug-likeness (QED) is 0.631. The summed E-state index contributed by atoms with van der Waals surface area (Å²) in [6.07, 6.45) is 1.74. The number of hydrogen-bond acceptors (Lipinski definition) is 2. The molecule has 2 unspecified atom stereocenters. The van der Waals surface area contributed by atoms with Crippen molar-refractivity contribution in [3.63, 3.8) is 0 Å². The molecule has 1 aromatic rings. The summed E-state index contributed by atoms with van der Waals surface area (Å²) in [6.45, 7) is 13.6. The Bertz CT molecular complexity index is 623. The molecule has 0 aromatic heterocycles. The van der Waals surface area contributed by atoms with Crippen LogP contribution in [0.4, 0.5) is 0 Å². The highest BCUT2D eigenvalue weighted by Gasteiger charge is 2.55. The second-order valence-corrected chi connectivity index (χ2v) is 7.80. The molecule has 0 spiro atoms. The van der Waals surface area contributed by atoms with Crippen LogP contribution in [-0.4, -0.2) is 24.8 Å². The molecule has 0 amide bonds. The van der Waals surface area contributed by atoms with Gasteiger partial charge < -0.3 is 0 Å². The van der Waals surface area contributed by atoms with Crippen molar-refractivity contribution >= 4 is 10.0 Å². The summed E-state index contributed by atoms with van der Waals surface area (Å²) in [6, 6.07) is 3.82. The summed E-state index contributed by atoms with van der Waals surface area (Å²) in [5.41, 5.74) is 2.73. The number of aryl methyl sites for hydroxylation is 3. The Labute approximate surface area is 122 Å². The van der Waals surface area contributed by atoms with Gasteiger partial charge in [-0.2, -0.15) is 4.31 Å². The number of rotatable bonds is 4. The van der Waals surface area contributed by atoms with Crippen LogP contribution in [0.2, 0.25) is 0 Å². The minimum Gasteiger partial charge on any atom is -0.207 e. The molecule has 0 radical (unpaired) electrons. The van der Waals surface area contributed by atoms with Crippen molar-refractivity contribution in [1.29, 1.82) is 0 Å². The second kappa shape index (κ2) is 5.01. The Hall–Kier alpha value is -1.13. The van der Waals surface area contributed by atoms with Crippen LogP contribution in [-0.2, 0) is 10.0 Å². The van der Waals surface area contributed by atoms with Gasteiger partial charge in [0.15, 0.2) is 0 Å². The van der Waals surface area contributed by atoms with E-state index in [1.54, 1.807) is 10.4 Å². The Balaban J connectivity index is 2.50. The van der Waals surface area contributed by atoms with Gasteiger partial charge in [-0.3, -0.25) is 0 Å². The van der Waals surface area contributed by atoms with Gasteiger partial charge in [-0.25, -0.2) is 8.42 Å². The lowest BCUT2D eigenvalue weighted by Crippen LogP contribution is -2.19. The first-order valence-corrected chi connectivity index (χ1v) is 8.39. The lowest BCUT2D eigenvalue weighted by molar-refractivity contribution is 0.516. The fourth-order valence-electron chi connectivity index (χ4n) is 3.18. The maximum atomic E-state index is 12.9. The van der Waals surface area contributed by atoms with Gasteiger partial charge in [0.05, 0.1) is 10.9 Å². The summed E-state index contributed by atoms with van der Waals surface area (Å²) in [4.78, 5) is 0.457. The van der Waals surface area contributed by atoms with E-state index in [4.69, 9.17) is 0 Å². The van der Waals surface area contributed by atoms with E-state index in [0.29, 0.717) is 10.8 Å². The van der Waals surface area contributed by atoms with Crippen LogP contribution in [0, 0.1) is 26.7 Å². The molecule has 4 heteroatoms. The van der Waals surface area contributed by atoms with Crippen molar-refractivity contribution in [1.82, 2.24) is 4.31 Å². The molecule has 3 atom stereocenters. The normalized spacial score (nSPS) is 25.8. The molecule has 1 aliphatic rings. The molecule has 1 heterocycles. The van der Waals surface area contributed by atoms with Crippen molar-refractivity contribution < 1.29 is 8.42 Å². The zero-order chi connectivity index (χ0) is 15.2. The smallest absolute Gasteiger partial charge is 0.207 e. The van der Waals surface area contributed by atoms with Gasteiger partial charge in [0, 0.05) is 6.04 Å². The van der Waals surface area contributed by atoms with E-state index < -0.39 is 10.0 Å². The largest absolute Gasteiger partial charge is 0.244 e. The molecule has 0 bridgehead atoms. The predicted octanol–water partition coefficient (Wildman–Crippen LogP) is 3.20. The summed E-state index contributed by atoms with van der Waals surface area (Å²) in [5, 5.41) is 0. The lowest BCUT2D eigenvalue weighted by Gasteiger charge is -2.14. The summed E-state index contributed by atoms with van der Waals surface area (Å²) in [7, 11) is -3.44. The molecular formula is C16H23NO2S. The molecule has 0 N–H and O–H groups in total. The number of hydrogen-bond donors (Lipinski definition) is 0. The van der Waals surface area contributed by atoms with E-state index in [1.165, 1.54) is 0 Å². The maximum absolute atomic E-state index is 12.9. The molecule has 0 aliphatic carbocycles. The Morgan fingerprint density at radius 1 is 1.20 bits per heavy atom. The molecule has 1 saturated heterocycles. The van der Waals surface area contributed by atoms with Gasteiger partial charge >= 0.3 is 0 Å². The fraction of sp³-hybridized carbons (Fsp3) is 0.500. The predicted molar refractivity (Wildman–Crippen MR) is 82.3 cm³/mol. The number of benzene rings is 1. The lowest BCUT2D eigenvalue weighted by atomic mass is 10.1. The monoisotopic (exact) mass is 293 g/mol. The van der Waals surface area contributed by atoms with Crippen LogP contribution >= 0.6 is 0 Å². The van der Waals surface area contributed by atoms with Crippen molar-refractivity contribution in [3.05, 3.63) is 41.5 Å². The van der Waals surface area contributed by atoms with Crippen LogP contribution in [0.25, 0.3) is 0 Å². The minimum atomic E-state index is -3.44. The Morgan fingerprint density at radius 2 is 1.70 bits per heavy atom. The second-order valence-electron chi connectivity index (χ2n) is 6.02. The van der Waals surface area contributed by atoms with E-state index in [-0.39, 0.29) is 12.1 Å². The van der Waals surface area contributed by atoms with Crippen LogP contribution in [0.1, 0.15) is 30.5 Å². The molecule has 3 nitrogen and oxygen atoms in total. The van der Waals surface area contributed by atoms with Gasteiger partial charge in [0.1, 0.15) is 0 Å². The molecule has 110 valence electrons. The van der Waals surface area contributed by atoms with Gasteiger partial charge in [0.2, 0.25) is 10.0 Å². The SMILES string of the molecule is C=CC1[C@H](C(C)C)N1S(=O)(=O)c1c(C)cc(C)cc1C. The van der Waals surface area contributed by atoms with Gasteiger partial charge in [-0.15, -0.1) is 6.58 Å². The summed E-state index contributed by atoms with van der Waals surface area (Å²) < 4.78 is 27.4. The first-order valence-electron chi connectivity index (χ1n) is 6.95.